The van der Waals surface area contributed by atoms with Crippen molar-refractivity contribution in [2.45, 2.75) is 38.0 Å². The second-order valence-electron chi connectivity index (χ2n) is 6.55. The number of aliphatic carboxylic acids is 1. The highest BCUT2D eigenvalue weighted by Gasteiger charge is 2.17. The molecule has 0 aliphatic carbocycles. The Morgan fingerprint density at radius 1 is 1.15 bits per heavy atom. The SMILES string of the molecule is O=C(O)[C@@H](Cc1ccccc1)NCc1ccc(OCC2CCCO2)cc1. The van der Waals surface area contributed by atoms with E-state index in [0.29, 0.717) is 19.6 Å². The van der Waals surface area contributed by atoms with E-state index in [1.165, 1.54) is 0 Å². The van der Waals surface area contributed by atoms with Crippen LogP contribution in [-0.4, -0.2) is 36.4 Å². The Kier molecular flexibility index (Phi) is 6.63. The Morgan fingerprint density at radius 3 is 2.58 bits per heavy atom. The highest BCUT2D eigenvalue weighted by molar-refractivity contribution is 5.73. The van der Waals surface area contributed by atoms with Crippen molar-refractivity contribution < 1.29 is 19.4 Å². The molecule has 0 amide bonds. The quantitative estimate of drug-likeness (QED) is 0.724. The fraction of sp³-hybridized carbons (Fsp3) is 0.381. The molecule has 1 heterocycles. The molecule has 5 nitrogen and oxygen atoms in total. The van der Waals surface area contributed by atoms with Crippen molar-refractivity contribution in [3.05, 3.63) is 65.7 Å². The molecule has 1 fully saturated rings. The number of ether oxygens (including phenoxy) is 2. The third-order valence-corrected chi connectivity index (χ3v) is 4.52. The molecule has 0 radical (unpaired) electrons. The van der Waals surface area contributed by atoms with E-state index in [9.17, 15) is 9.90 Å². The first-order chi connectivity index (χ1) is 12.7. The minimum Gasteiger partial charge on any atom is -0.491 e. The predicted octanol–water partition coefficient (Wildman–Crippen LogP) is 3.03. The number of carboxylic acids is 1. The molecule has 1 aliphatic heterocycles. The maximum absolute atomic E-state index is 11.5. The molecule has 138 valence electrons. The van der Waals surface area contributed by atoms with E-state index in [1.807, 2.05) is 54.6 Å². The molecule has 0 saturated carbocycles. The normalized spacial score (nSPS) is 17.8. The average molecular weight is 355 g/mol. The van der Waals surface area contributed by atoms with Crippen molar-refractivity contribution in [1.29, 1.82) is 0 Å². The number of rotatable bonds is 9. The van der Waals surface area contributed by atoms with Crippen LogP contribution in [0.25, 0.3) is 0 Å². The van der Waals surface area contributed by atoms with Crippen molar-refractivity contribution in [2.75, 3.05) is 13.2 Å². The van der Waals surface area contributed by atoms with E-state index >= 15 is 0 Å². The molecule has 2 aromatic rings. The molecule has 0 spiro atoms. The van der Waals surface area contributed by atoms with Crippen LogP contribution in [0.15, 0.2) is 54.6 Å². The van der Waals surface area contributed by atoms with Gasteiger partial charge in [0, 0.05) is 13.2 Å². The predicted molar refractivity (Wildman–Crippen MR) is 99.3 cm³/mol. The van der Waals surface area contributed by atoms with Crippen LogP contribution in [0.1, 0.15) is 24.0 Å². The second-order valence-corrected chi connectivity index (χ2v) is 6.55. The van der Waals surface area contributed by atoms with Gasteiger partial charge < -0.3 is 19.9 Å². The molecule has 1 aliphatic rings. The molecule has 2 atom stereocenters. The number of hydrogen-bond acceptors (Lipinski definition) is 4. The summed E-state index contributed by atoms with van der Waals surface area (Å²) in [5.74, 6) is -0.0336. The third kappa shape index (κ3) is 5.58. The molecule has 2 aromatic carbocycles. The topological polar surface area (TPSA) is 67.8 Å². The molecule has 0 aromatic heterocycles. The smallest absolute Gasteiger partial charge is 0.321 e. The van der Waals surface area contributed by atoms with Gasteiger partial charge >= 0.3 is 5.97 Å². The molecule has 0 bridgehead atoms. The summed E-state index contributed by atoms with van der Waals surface area (Å²) in [5, 5.41) is 12.6. The van der Waals surface area contributed by atoms with Crippen molar-refractivity contribution in [1.82, 2.24) is 5.32 Å². The highest BCUT2D eigenvalue weighted by Crippen LogP contribution is 2.16. The van der Waals surface area contributed by atoms with Crippen LogP contribution < -0.4 is 10.1 Å². The Bertz CT molecular complexity index is 681. The van der Waals surface area contributed by atoms with Crippen LogP contribution in [0, 0.1) is 0 Å². The van der Waals surface area contributed by atoms with Crippen molar-refractivity contribution in [2.24, 2.45) is 0 Å². The van der Waals surface area contributed by atoms with Gasteiger partial charge in [-0.05, 0) is 42.5 Å². The summed E-state index contributed by atoms with van der Waals surface area (Å²) in [4.78, 5) is 11.5. The minimum atomic E-state index is -0.842. The van der Waals surface area contributed by atoms with Gasteiger partial charge in [0.25, 0.3) is 0 Å². The maximum atomic E-state index is 11.5. The lowest BCUT2D eigenvalue weighted by Crippen LogP contribution is -2.38. The van der Waals surface area contributed by atoms with Gasteiger partial charge in [0.15, 0.2) is 0 Å². The lowest BCUT2D eigenvalue weighted by atomic mass is 10.1. The van der Waals surface area contributed by atoms with Gasteiger partial charge in [0.1, 0.15) is 18.4 Å². The summed E-state index contributed by atoms with van der Waals surface area (Å²) >= 11 is 0. The Hall–Kier alpha value is -2.37. The van der Waals surface area contributed by atoms with Crippen molar-refractivity contribution in [3.8, 4) is 5.75 Å². The van der Waals surface area contributed by atoms with E-state index < -0.39 is 12.0 Å². The van der Waals surface area contributed by atoms with Crippen LogP contribution in [0.5, 0.6) is 5.75 Å². The van der Waals surface area contributed by atoms with Crippen LogP contribution in [0.3, 0.4) is 0 Å². The molecule has 1 saturated heterocycles. The van der Waals surface area contributed by atoms with Gasteiger partial charge in [-0.3, -0.25) is 4.79 Å². The number of hydrogen-bond donors (Lipinski definition) is 2. The van der Waals surface area contributed by atoms with E-state index in [-0.39, 0.29) is 6.10 Å². The standard InChI is InChI=1S/C21H25NO4/c23-21(24)20(13-16-5-2-1-3-6-16)22-14-17-8-10-18(11-9-17)26-15-19-7-4-12-25-19/h1-3,5-6,8-11,19-20,22H,4,7,12-15H2,(H,23,24)/t19?,20-/m1/s1. The van der Waals surface area contributed by atoms with Crippen molar-refractivity contribution in [3.63, 3.8) is 0 Å². The monoisotopic (exact) mass is 355 g/mol. The summed E-state index contributed by atoms with van der Waals surface area (Å²) in [6.07, 6.45) is 2.82. The zero-order valence-electron chi connectivity index (χ0n) is 14.8. The molecular formula is C21H25NO4. The first kappa shape index (κ1) is 18.4. The highest BCUT2D eigenvalue weighted by atomic mass is 16.5. The largest absolute Gasteiger partial charge is 0.491 e. The lowest BCUT2D eigenvalue weighted by molar-refractivity contribution is -0.139. The van der Waals surface area contributed by atoms with Gasteiger partial charge in [-0.15, -0.1) is 0 Å². The summed E-state index contributed by atoms with van der Waals surface area (Å²) < 4.78 is 11.3. The lowest BCUT2D eigenvalue weighted by Gasteiger charge is -2.15. The number of carboxylic acid groups (broad SMARTS) is 1. The number of nitrogens with one attached hydrogen (secondary N) is 1. The first-order valence-electron chi connectivity index (χ1n) is 9.04. The van der Waals surface area contributed by atoms with Crippen LogP contribution in [-0.2, 0) is 22.5 Å². The molecule has 26 heavy (non-hydrogen) atoms. The van der Waals surface area contributed by atoms with Gasteiger partial charge in [0.05, 0.1) is 6.10 Å². The van der Waals surface area contributed by atoms with Gasteiger partial charge in [0.2, 0.25) is 0 Å². The zero-order chi connectivity index (χ0) is 18.2. The summed E-state index contributed by atoms with van der Waals surface area (Å²) in [5.41, 5.74) is 2.03. The van der Waals surface area contributed by atoms with Crippen LogP contribution >= 0.6 is 0 Å². The minimum absolute atomic E-state index is 0.200. The molecule has 2 N–H and O–H groups in total. The summed E-state index contributed by atoms with van der Waals surface area (Å²) in [7, 11) is 0. The number of benzene rings is 2. The van der Waals surface area contributed by atoms with Gasteiger partial charge in [-0.1, -0.05) is 42.5 Å². The van der Waals surface area contributed by atoms with E-state index in [1.54, 1.807) is 0 Å². The first-order valence-corrected chi connectivity index (χ1v) is 9.04. The molecule has 1 unspecified atom stereocenters. The molecule has 5 heteroatoms. The zero-order valence-corrected chi connectivity index (χ0v) is 14.8. The Morgan fingerprint density at radius 2 is 1.92 bits per heavy atom. The fourth-order valence-electron chi connectivity index (χ4n) is 3.01. The van der Waals surface area contributed by atoms with Crippen LogP contribution in [0.4, 0.5) is 0 Å². The van der Waals surface area contributed by atoms with E-state index in [0.717, 1.165) is 36.3 Å². The van der Waals surface area contributed by atoms with E-state index in [2.05, 4.69) is 5.32 Å². The van der Waals surface area contributed by atoms with Gasteiger partial charge in [-0.25, -0.2) is 0 Å². The molecular weight excluding hydrogens is 330 g/mol. The number of carbonyl (C=O) groups is 1. The van der Waals surface area contributed by atoms with E-state index in [4.69, 9.17) is 9.47 Å². The maximum Gasteiger partial charge on any atom is 0.321 e. The Labute approximate surface area is 153 Å². The molecule has 3 rings (SSSR count). The third-order valence-electron chi connectivity index (χ3n) is 4.52. The van der Waals surface area contributed by atoms with Gasteiger partial charge in [-0.2, -0.15) is 0 Å². The second kappa shape index (κ2) is 9.36. The summed E-state index contributed by atoms with van der Waals surface area (Å²) in [6.45, 7) is 1.90. The Balaban J connectivity index is 1.48. The van der Waals surface area contributed by atoms with Crippen molar-refractivity contribution >= 4 is 5.97 Å². The summed E-state index contributed by atoms with van der Waals surface area (Å²) in [6, 6.07) is 16.8. The van der Waals surface area contributed by atoms with Crippen LogP contribution in [0.2, 0.25) is 0 Å². The fourth-order valence-corrected chi connectivity index (χ4v) is 3.01. The average Bonchev–Trinajstić information content (AvgIpc) is 3.18.